The van der Waals surface area contributed by atoms with Crippen molar-refractivity contribution in [1.82, 2.24) is 0 Å². The van der Waals surface area contributed by atoms with Gasteiger partial charge in [-0.2, -0.15) is 0 Å². The summed E-state index contributed by atoms with van der Waals surface area (Å²) in [4.78, 5) is 25.2. The van der Waals surface area contributed by atoms with E-state index >= 15 is 0 Å². The van der Waals surface area contributed by atoms with Crippen LogP contribution in [0.2, 0.25) is 0 Å². The van der Waals surface area contributed by atoms with E-state index in [4.69, 9.17) is 4.74 Å². The molecule has 0 aliphatic heterocycles. The van der Waals surface area contributed by atoms with Crippen molar-refractivity contribution < 1.29 is 14.3 Å². The van der Waals surface area contributed by atoms with Crippen LogP contribution in [-0.4, -0.2) is 18.0 Å². The van der Waals surface area contributed by atoms with E-state index in [9.17, 15) is 9.59 Å². The van der Waals surface area contributed by atoms with Gasteiger partial charge in [-0.1, -0.05) is 36.4 Å². The van der Waals surface area contributed by atoms with Gasteiger partial charge in [-0.25, -0.2) is 4.79 Å². The number of fused-ring (bicyclic) bond motifs is 1. The van der Waals surface area contributed by atoms with Crippen LogP contribution in [0, 0.1) is 13.8 Å². The van der Waals surface area contributed by atoms with Crippen LogP contribution >= 0.6 is 11.3 Å². The van der Waals surface area contributed by atoms with E-state index in [1.165, 1.54) is 11.3 Å². The molecular formula is C20H19NO3S. The Hall–Kier alpha value is -2.66. The van der Waals surface area contributed by atoms with E-state index in [-0.39, 0.29) is 5.91 Å². The first-order valence-corrected chi connectivity index (χ1v) is 8.84. The van der Waals surface area contributed by atoms with Gasteiger partial charge < -0.3 is 10.1 Å². The number of anilines is 1. The summed E-state index contributed by atoms with van der Waals surface area (Å²) in [5, 5.41) is 3.84. The molecule has 1 amide bonds. The number of hydrogen-bond donors (Lipinski definition) is 1. The Morgan fingerprint density at radius 3 is 2.40 bits per heavy atom. The summed E-state index contributed by atoms with van der Waals surface area (Å²) in [6.07, 6.45) is -0.878. The lowest BCUT2D eigenvalue weighted by molar-refractivity contribution is -0.123. The Labute approximate surface area is 150 Å². The molecule has 4 nitrogen and oxygen atoms in total. The molecule has 0 aliphatic rings. The number of nitrogens with one attached hydrogen (secondary N) is 1. The minimum absolute atomic E-state index is 0.341. The number of carbonyl (C=O) groups excluding carboxylic acids is 2. The molecule has 25 heavy (non-hydrogen) atoms. The van der Waals surface area contributed by atoms with Crippen molar-refractivity contribution in [3.8, 4) is 0 Å². The lowest BCUT2D eigenvalue weighted by Crippen LogP contribution is -2.30. The highest BCUT2D eigenvalue weighted by atomic mass is 32.1. The van der Waals surface area contributed by atoms with Crippen LogP contribution in [0.1, 0.15) is 27.7 Å². The number of ether oxygens (including phenoxy) is 1. The van der Waals surface area contributed by atoms with Gasteiger partial charge in [-0.15, -0.1) is 11.3 Å². The first-order chi connectivity index (χ1) is 12.0. The van der Waals surface area contributed by atoms with Gasteiger partial charge in [0.1, 0.15) is 4.88 Å². The highest BCUT2D eigenvalue weighted by Gasteiger charge is 2.21. The maximum Gasteiger partial charge on any atom is 0.349 e. The largest absolute Gasteiger partial charge is 0.448 e. The molecule has 0 unspecified atom stereocenters. The van der Waals surface area contributed by atoms with E-state index in [2.05, 4.69) is 5.32 Å². The lowest BCUT2D eigenvalue weighted by Gasteiger charge is -2.15. The zero-order valence-corrected chi connectivity index (χ0v) is 15.1. The number of carbonyl (C=O) groups is 2. The van der Waals surface area contributed by atoms with Crippen molar-refractivity contribution in [1.29, 1.82) is 0 Å². The summed E-state index contributed by atoms with van der Waals surface area (Å²) in [5.41, 5.74) is 2.70. The molecule has 1 heterocycles. The van der Waals surface area contributed by atoms with Crippen molar-refractivity contribution in [2.45, 2.75) is 26.9 Å². The number of para-hydroxylation sites is 1. The number of rotatable bonds is 4. The van der Waals surface area contributed by atoms with Crippen LogP contribution in [0.3, 0.4) is 0 Å². The smallest absolute Gasteiger partial charge is 0.349 e. The second-order valence-corrected chi connectivity index (χ2v) is 7.04. The number of thiophene rings is 1. The molecule has 3 aromatic rings. The molecule has 0 fully saturated rings. The van der Waals surface area contributed by atoms with Crippen LogP contribution in [0.25, 0.3) is 10.1 Å². The maximum absolute atomic E-state index is 12.4. The third-order valence-corrected chi connectivity index (χ3v) is 5.11. The number of aryl methyl sites for hydroxylation is 2. The van der Waals surface area contributed by atoms with Gasteiger partial charge in [0.2, 0.25) is 0 Å². The lowest BCUT2D eigenvalue weighted by atomic mass is 10.1. The van der Waals surface area contributed by atoms with E-state index in [0.29, 0.717) is 4.88 Å². The van der Waals surface area contributed by atoms with Crippen molar-refractivity contribution in [3.05, 3.63) is 64.5 Å². The van der Waals surface area contributed by atoms with E-state index < -0.39 is 12.1 Å². The summed E-state index contributed by atoms with van der Waals surface area (Å²) in [6.45, 7) is 5.43. The molecule has 1 N–H and O–H groups in total. The molecule has 1 atom stereocenters. The summed E-state index contributed by atoms with van der Waals surface area (Å²) in [6, 6.07) is 15.3. The highest BCUT2D eigenvalue weighted by Crippen LogP contribution is 2.26. The van der Waals surface area contributed by atoms with Gasteiger partial charge in [0.05, 0.1) is 0 Å². The molecule has 0 radical (unpaired) electrons. The second kappa shape index (κ2) is 7.07. The van der Waals surface area contributed by atoms with Gasteiger partial charge in [-0.3, -0.25) is 4.79 Å². The van der Waals surface area contributed by atoms with Crippen molar-refractivity contribution in [2.24, 2.45) is 0 Å². The zero-order valence-electron chi connectivity index (χ0n) is 14.3. The average molecular weight is 353 g/mol. The number of hydrogen-bond acceptors (Lipinski definition) is 4. The quantitative estimate of drug-likeness (QED) is 0.692. The number of benzene rings is 2. The minimum Gasteiger partial charge on any atom is -0.448 e. The molecule has 2 aromatic carbocycles. The molecule has 0 spiro atoms. The number of amides is 1. The molecule has 1 aromatic heterocycles. The van der Waals surface area contributed by atoms with Gasteiger partial charge in [0, 0.05) is 10.4 Å². The van der Waals surface area contributed by atoms with Crippen molar-refractivity contribution in [3.63, 3.8) is 0 Å². The fraction of sp³-hybridized carbons (Fsp3) is 0.200. The molecule has 0 aliphatic carbocycles. The van der Waals surface area contributed by atoms with Crippen LogP contribution < -0.4 is 5.32 Å². The second-order valence-electron chi connectivity index (χ2n) is 5.95. The minimum atomic E-state index is -0.878. The fourth-order valence-corrected chi connectivity index (χ4v) is 3.54. The first kappa shape index (κ1) is 17.2. The Balaban J connectivity index is 1.69. The average Bonchev–Trinajstić information content (AvgIpc) is 3.02. The van der Waals surface area contributed by atoms with E-state index in [0.717, 1.165) is 26.9 Å². The van der Waals surface area contributed by atoms with Gasteiger partial charge in [0.25, 0.3) is 5.91 Å². The summed E-state index contributed by atoms with van der Waals surface area (Å²) < 4.78 is 6.35. The molecule has 0 saturated carbocycles. The SMILES string of the molecule is Cc1cccc(C)c1NC(=O)[C@H](C)OC(=O)c1cc2ccccc2s1. The highest BCUT2D eigenvalue weighted by molar-refractivity contribution is 7.20. The standard InChI is InChI=1S/C20H19NO3S/c1-12-7-6-8-13(2)18(12)21-19(22)14(3)24-20(23)17-11-15-9-4-5-10-16(15)25-17/h4-11,14H,1-3H3,(H,21,22)/t14-/m0/s1. The van der Waals surface area contributed by atoms with Crippen molar-refractivity contribution in [2.75, 3.05) is 5.32 Å². The molecule has 0 saturated heterocycles. The molecule has 0 bridgehead atoms. The van der Waals surface area contributed by atoms with Gasteiger partial charge in [0.15, 0.2) is 6.10 Å². The van der Waals surface area contributed by atoms with Gasteiger partial charge in [-0.05, 0) is 49.4 Å². The predicted octanol–water partition coefficient (Wildman–Crippen LogP) is 4.70. The monoisotopic (exact) mass is 353 g/mol. The fourth-order valence-electron chi connectivity index (χ4n) is 2.59. The van der Waals surface area contributed by atoms with Crippen LogP contribution in [0.5, 0.6) is 0 Å². The summed E-state index contributed by atoms with van der Waals surface area (Å²) in [5.74, 6) is -0.822. The molecule has 3 rings (SSSR count). The molecule has 5 heteroatoms. The topological polar surface area (TPSA) is 55.4 Å². The molecular weight excluding hydrogens is 334 g/mol. The predicted molar refractivity (Wildman–Crippen MR) is 101 cm³/mol. The Morgan fingerprint density at radius 2 is 1.72 bits per heavy atom. The van der Waals surface area contributed by atoms with Crippen LogP contribution in [0.15, 0.2) is 48.5 Å². The summed E-state index contributed by atoms with van der Waals surface area (Å²) in [7, 11) is 0. The normalized spacial score (nSPS) is 12.0. The third-order valence-electron chi connectivity index (χ3n) is 4.01. The van der Waals surface area contributed by atoms with Crippen LogP contribution in [-0.2, 0) is 9.53 Å². The Kier molecular flexibility index (Phi) is 4.86. The third kappa shape index (κ3) is 3.72. The zero-order chi connectivity index (χ0) is 18.0. The summed E-state index contributed by atoms with van der Waals surface area (Å²) >= 11 is 1.36. The Morgan fingerprint density at radius 1 is 1.04 bits per heavy atom. The van der Waals surface area contributed by atoms with Crippen molar-refractivity contribution >= 4 is 39.0 Å². The van der Waals surface area contributed by atoms with E-state index in [1.807, 2.05) is 56.3 Å². The Bertz CT molecular complexity index is 892. The van der Waals surface area contributed by atoms with Crippen LogP contribution in [0.4, 0.5) is 5.69 Å². The first-order valence-electron chi connectivity index (χ1n) is 8.02. The van der Waals surface area contributed by atoms with Gasteiger partial charge >= 0.3 is 5.97 Å². The molecule has 128 valence electrons. The number of esters is 1. The maximum atomic E-state index is 12.4. The van der Waals surface area contributed by atoms with E-state index in [1.54, 1.807) is 13.0 Å².